The van der Waals surface area contributed by atoms with E-state index in [4.69, 9.17) is 25.2 Å². The molecule has 186 valence electrons. The van der Waals surface area contributed by atoms with E-state index >= 15 is 0 Å². The van der Waals surface area contributed by atoms with E-state index < -0.39 is 59.7 Å². The van der Waals surface area contributed by atoms with Crippen LogP contribution in [-0.2, 0) is 31.6 Å². The molecule has 1 saturated heterocycles. The van der Waals surface area contributed by atoms with Gasteiger partial charge in [0.2, 0.25) is 5.95 Å². The van der Waals surface area contributed by atoms with Crippen LogP contribution in [-0.4, -0.2) is 68.7 Å². The second kappa shape index (κ2) is 8.62. The number of aliphatic hydroxyl groups is 2. The van der Waals surface area contributed by atoms with Gasteiger partial charge in [-0.15, -0.1) is 0 Å². The standard InChI is InChI=1S/C12H19N4O14P3/c1-12(19)7(17)6(4-27-32(23,24)30-33(25,26)29-31(20,21)22)28-10(12)16-3-2-5-8(16)14-11(13)15-9(5)18/h2-3,6-7,10,17,19H,4H2,1H3,(H,23,24)(H,25,26)(H2,20,21,22)(H3,13,14,15,18)/t6-,7+,10-,12?/m1/s1. The number of nitrogen functional groups attached to an aromatic ring is 1. The highest BCUT2D eigenvalue weighted by molar-refractivity contribution is 7.66. The Labute approximate surface area is 183 Å². The highest BCUT2D eigenvalue weighted by Crippen LogP contribution is 2.66. The quantitative estimate of drug-likeness (QED) is 0.181. The molecule has 21 heteroatoms. The van der Waals surface area contributed by atoms with Gasteiger partial charge in [-0.1, -0.05) is 0 Å². The second-order valence-electron chi connectivity index (χ2n) is 7.00. The smallest absolute Gasteiger partial charge is 0.387 e. The van der Waals surface area contributed by atoms with Crippen LogP contribution in [0.2, 0.25) is 0 Å². The van der Waals surface area contributed by atoms with Crippen LogP contribution in [0.15, 0.2) is 17.1 Å². The SMILES string of the molecule is CC1(O)[C@@H](O)[C@@H](COP(=O)(O)OP(=O)(O)OP(=O)(O)O)O[C@H]1n1ccc2c(=O)[nH]c(N)nc21. The molecule has 0 bridgehead atoms. The summed E-state index contributed by atoms with van der Waals surface area (Å²) in [6.07, 6.45) is -3.41. The fourth-order valence-corrected chi connectivity index (χ4v) is 6.13. The minimum atomic E-state index is -5.74. The van der Waals surface area contributed by atoms with Gasteiger partial charge in [-0.2, -0.15) is 13.6 Å². The van der Waals surface area contributed by atoms with Crippen LogP contribution in [0.1, 0.15) is 13.2 Å². The highest BCUT2D eigenvalue weighted by atomic mass is 31.3. The minimum absolute atomic E-state index is 0.0118. The number of nitrogens with zero attached hydrogens (tertiary/aromatic N) is 2. The number of nitrogens with one attached hydrogen (secondary N) is 1. The van der Waals surface area contributed by atoms with Crippen molar-refractivity contribution in [2.24, 2.45) is 0 Å². The van der Waals surface area contributed by atoms with Gasteiger partial charge in [0.1, 0.15) is 17.8 Å². The third-order valence-corrected chi connectivity index (χ3v) is 8.23. The topological polar surface area (TPSA) is 286 Å². The predicted octanol–water partition coefficient (Wildman–Crippen LogP) is -1.34. The third-order valence-electron chi connectivity index (χ3n) is 4.42. The Morgan fingerprint density at radius 3 is 2.48 bits per heavy atom. The number of hydrogen-bond donors (Lipinski definition) is 8. The van der Waals surface area contributed by atoms with Crippen molar-refractivity contribution >= 4 is 40.4 Å². The Morgan fingerprint density at radius 1 is 1.24 bits per heavy atom. The molecule has 3 rings (SSSR count). The highest BCUT2D eigenvalue weighted by Gasteiger charge is 2.54. The molecule has 3 heterocycles. The van der Waals surface area contributed by atoms with Crippen LogP contribution in [0.5, 0.6) is 0 Å². The number of phosphoric ester groups is 1. The van der Waals surface area contributed by atoms with Crippen LogP contribution >= 0.6 is 23.5 Å². The fourth-order valence-electron chi connectivity index (χ4n) is 3.10. The number of aromatic nitrogens is 3. The number of H-pyrrole nitrogens is 1. The second-order valence-corrected chi connectivity index (χ2v) is 11.4. The van der Waals surface area contributed by atoms with E-state index in [1.165, 1.54) is 16.8 Å². The summed E-state index contributed by atoms with van der Waals surface area (Å²) in [5, 5.41) is 21.3. The average molecular weight is 536 g/mol. The van der Waals surface area contributed by atoms with Crippen LogP contribution in [0.4, 0.5) is 5.95 Å². The molecule has 0 spiro atoms. The first kappa shape index (κ1) is 26.1. The molecule has 1 aliphatic heterocycles. The van der Waals surface area contributed by atoms with Crippen molar-refractivity contribution in [2.75, 3.05) is 12.3 Å². The van der Waals surface area contributed by atoms with Gasteiger partial charge in [0.25, 0.3) is 5.56 Å². The number of phosphoric acid groups is 3. The number of fused-ring (bicyclic) bond motifs is 1. The van der Waals surface area contributed by atoms with Gasteiger partial charge >= 0.3 is 23.5 Å². The van der Waals surface area contributed by atoms with Gasteiger partial charge in [-0.3, -0.25) is 14.3 Å². The number of rotatable bonds is 8. The predicted molar refractivity (Wildman–Crippen MR) is 105 cm³/mol. The molecule has 0 aromatic carbocycles. The Kier molecular flexibility index (Phi) is 6.83. The van der Waals surface area contributed by atoms with E-state index in [-0.39, 0.29) is 17.0 Å². The van der Waals surface area contributed by atoms with E-state index in [0.29, 0.717) is 0 Å². The van der Waals surface area contributed by atoms with Crippen molar-refractivity contribution in [1.29, 1.82) is 0 Å². The van der Waals surface area contributed by atoms with Crippen LogP contribution < -0.4 is 11.3 Å². The lowest BCUT2D eigenvalue weighted by Crippen LogP contribution is -2.44. The molecule has 6 atom stereocenters. The van der Waals surface area contributed by atoms with E-state index in [0.717, 1.165) is 6.92 Å². The summed E-state index contributed by atoms with van der Waals surface area (Å²) in [6, 6.07) is 1.34. The Balaban J connectivity index is 1.78. The van der Waals surface area contributed by atoms with E-state index in [9.17, 15) is 33.6 Å². The monoisotopic (exact) mass is 536 g/mol. The number of nitrogens with two attached hydrogens (primary N) is 1. The average Bonchev–Trinajstić information content (AvgIpc) is 3.10. The lowest BCUT2D eigenvalue weighted by molar-refractivity contribution is -0.0947. The zero-order chi connectivity index (χ0) is 25.0. The lowest BCUT2D eigenvalue weighted by Gasteiger charge is -2.27. The molecule has 9 N–H and O–H groups in total. The zero-order valence-corrected chi connectivity index (χ0v) is 19.0. The van der Waals surface area contributed by atoms with Gasteiger partial charge in [-0.05, 0) is 13.0 Å². The molecule has 1 aliphatic rings. The molecule has 33 heavy (non-hydrogen) atoms. The van der Waals surface area contributed by atoms with Crippen molar-refractivity contribution in [3.8, 4) is 0 Å². The Hall–Kier alpha value is -1.49. The lowest BCUT2D eigenvalue weighted by atomic mass is 9.96. The van der Waals surface area contributed by atoms with Gasteiger partial charge in [0.15, 0.2) is 11.9 Å². The molecule has 2 aromatic heterocycles. The summed E-state index contributed by atoms with van der Waals surface area (Å²) in [5.74, 6) is -0.241. The van der Waals surface area contributed by atoms with Crippen molar-refractivity contribution in [3.63, 3.8) is 0 Å². The minimum Gasteiger partial charge on any atom is -0.387 e. The first-order valence-corrected chi connectivity index (χ1v) is 13.1. The van der Waals surface area contributed by atoms with Crippen LogP contribution in [0, 0.1) is 0 Å². The van der Waals surface area contributed by atoms with Crippen molar-refractivity contribution in [1.82, 2.24) is 14.5 Å². The summed E-state index contributed by atoms with van der Waals surface area (Å²) >= 11 is 0. The maximum absolute atomic E-state index is 12.0. The zero-order valence-electron chi connectivity index (χ0n) is 16.4. The van der Waals surface area contributed by atoms with Gasteiger partial charge in [0.05, 0.1) is 12.0 Å². The molecule has 1 fully saturated rings. The van der Waals surface area contributed by atoms with Gasteiger partial charge in [0, 0.05) is 6.20 Å². The summed E-state index contributed by atoms with van der Waals surface area (Å²) in [4.78, 5) is 54.0. The number of aromatic amines is 1. The van der Waals surface area contributed by atoms with Crippen LogP contribution in [0.25, 0.3) is 11.0 Å². The Bertz CT molecular complexity index is 1250. The maximum atomic E-state index is 12.0. The molecule has 18 nitrogen and oxygen atoms in total. The van der Waals surface area contributed by atoms with E-state index in [2.05, 4.69) is 23.1 Å². The van der Waals surface area contributed by atoms with Crippen molar-refractivity contribution in [2.45, 2.75) is 31.0 Å². The maximum Gasteiger partial charge on any atom is 0.490 e. The summed E-state index contributed by atoms with van der Waals surface area (Å²) in [7, 11) is -16.8. The Morgan fingerprint density at radius 2 is 1.88 bits per heavy atom. The molecule has 3 unspecified atom stereocenters. The molecule has 0 aliphatic carbocycles. The number of anilines is 1. The third kappa shape index (κ3) is 5.78. The van der Waals surface area contributed by atoms with Gasteiger partial charge in [-0.25, -0.2) is 13.7 Å². The van der Waals surface area contributed by atoms with Gasteiger partial charge < -0.3 is 44.8 Å². The number of hydrogen-bond acceptors (Lipinski definition) is 12. The normalized spacial score (nSPS) is 29.7. The van der Waals surface area contributed by atoms with E-state index in [1.54, 1.807) is 0 Å². The number of aliphatic hydroxyl groups excluding tert-OH is 1. The number of ether oxygens (including phenoxy) is 1. The van der Waals surface area contributed by atoms with Crippen molar-refractivity contribution in [3.05, 3.63) is 22.6 Å². The molecule has 0 amide bonds. The largest absolute Gasteiger partial charge is 0.490 e. The molecule has 0 radical (unpaired) electrons. The van der Waals surface area contributed by atoms with Crippen LogP contribution in [0.3, 0.4) is 0 Å². The summed E-state index contributed by atoms with van der Waals surface area (Å²) < 4.78 is 52.2. The molecule has 0 saturated carbocycles. The fraction of sp³-hybridized carbons (Fsp3) is 0.500. The first-order chi connectivity index (χ1) is 14.9. The molecular formula is C12H19N4O14P3. The molecular weight excluding hydrogens is 517 g/mol. The van der Waals surface area contributed by atoms with Crippen molar-refractivity contribution < 1.29 is 61.4 Å². The van der Waals surface area contributed by atoms with E-state index in [1.807, 2.05) is 0 Å². The first-order valence-electron chi connectivity index (χ1n) is 8.62. The summed E-state index contributed by atoms with van der Waals surface area (Å²) in [6.45, 7) is 0.141. The molecule has 2 aromatic rings. The summed E-state index contributed by atoms with van der Waals surface area (Å²) in [5.41, 5.74) is 2.86.